The zero-order valence-electron chi connectivity index (χ0n) is 28.9. The molecule has 1 aliphatic rings. The van der Waals surface area contributed by atoms with E-state index in [0.29, 0.717) is 28.3 Å². The monoisotopic (exact) mass is 629 g/mol. The van der Waals surface area contributed by atoms with Gasteiger partial charge >= 0.3 is 5.97 Å². The summed E-state index contributed by atoms with van der Waals surface area (Å²) >= 11 is 6.07. The molecule has 0 aromatic heterocycles. The largest absolute Gasteiger partial charge is 0.460 e. The van der Waals surface area contributed by atoms with Gasteiger partial charge in [0, 0.05) is 22.7 Å². The quantitative estimate of drug-likeness (QED) is 0.295. The Kier molecular flexibility index (Phi) is 19.9. The van der Waals surface area contributed by atoms with Crippen LogP contribution < -0.4 is 5.32 Å². The lowest BCUT2D eigenvalue weighted by Crippen LogP contribution is -2.34. The molecule has 1 atom stereocenters. The number of rotatable bonds is 8. The Balaban J connectivity index is 0.00000162. The molecule has 0 bridgehead atoms. The molecule has 2 amide bonds. The van der Waals surface area contributed by atoms with E-state index < -0.39 is 5.60 Å². The topological polar surface area (TPSA) is 88.1 Å². The van der Waals surface area contributed by atoms with Crippen molar-refractivity contribution in [3.05, 3.63) is 70.2 Å². The molecule has 246 valence electrons. The number of hydrogen-bond donors (Lipinski definition) is 1. The van der Waals surface area contributed by atoms with Crippen LogP contribution in [-0.2, 0) is 14.3 Å². The fraction of sp³-hybridized carbons (Fsp3) is 0.556. The minimum Gasteiger partial charge on any atom is -0.460 e. The van der Waals surface area contributed by atoms with Crippen LogP contribution in [0.3, 0.4) is 0 Å². The molecule has 0 radical (unpaired) electrons. The molecule has 1 unspecified atom stereocenters. The molecule has 0 saturated carbocycles. The Morgan fingerprint density at radius 2 is 1.52 bits per heavy atom. The Bertz CT molecular complexity index is 1170. The van der Waals surface area contributed by atoms with E-state index in [-0.39, 0.29) is 43.5 Å². The molecule has 8 heteroatoms. The maximum atomic E-state index is 13.1. The first-order valence-electron chi connectivity index (χ1n) is 15.9. The van der Waals surface area contributed by atoms with Crippen molar-refractivity contribution in [2.75, 3.05) is 13.2 Å². The smallest absolute Gasteiger partial charge is 0.308 e. The second-order valence-electron chi connectivity index (χ2n) is 12.2. The van der Waals surface area contributed by atoms with Crippen molar-refractivity contribution in [1.29, 1.82) is 0 Å². The molecule has 0 fully saturated rings. The first-order valence-corrected chi connectivity index (χ1v) is 16.2. The van der Waals surface area contributed by atoms with E-state index in [1.54, 1.807) is 56.0 Å². The molecule has 2 aromatic rings. The van der Waals surface area contributed by atoms with Crippen molar-refractivity contribution in [3.63, 3.8) is 0 Å². The first kappa shape index (κ1) is 40.8. The van der Waals surface area contributed by atoms with Crippen LogP contribution in [0.5, 0.6) is 0 Å². The molecule has 0 aliphatic carbocycles. The van der Waals surface area contributed by atoms with Crippen LogP contribution in [0, 0.1) is 5.92 Å². The Labute approximate surface area is 271 Å². The van der Waals surface area contributed by atoms with Crippen LogP contribution in [0.2, 0.25) is 5.02 Å². The van der Waals surface area contributed by atoms with Gasteiger partial charge in [0.25, 0.3) is 11.8 Å². The van der Waals surface area contributed by atoms with Crippen LogP contribution in [0.1, 0.15) is 129 Å². The highest BCUT2D eigenvalue weighted by atomic mass is 35.5. The summed E-state index contributed by atoms with van der Waals surface area (Å²) in [5.41, 5.74) is 1.95. The average Bonchev–Trinajstić information content (AvgIpc) is 3.30. The van der Waals surface area contributed by atoms with Gasteiger partial charge in [-0.2, -0.15) is 0 Å². The highest BCUT2D eigenvalue weighted by molar-refractivity contribution is 6.46. The zero-order valence-corrected chi connectivity index (χ0v) is 29.7. The number of esters is 1. The highest BCUT2D eigenvalue weighted by Crippen LogP contribution is 2.28. The number of amides is 2. The number of carbonyl (C=O) groups excluding carboxylic acids is 3. The third-order valence-corrected chi connectivity index (χ3v) is 5.53. The zero-order chi connectivity index (χ0) is 33.9. The molecule has 0 saturated heterocycles. The molecule has 1 heterocycles. The molecule has 2 aromatic carbocycles. The number of hydrogen-bond acceptors (Lipinski definition) is 5. The summed E-state index contributed by atoms with van der Waals surface area (Å²) in [6, 6.07) is 14.1. The van der Waals surface area contributed by atoms with Crippen LogP contribution in [0.15, 0.2) is 53.5 Å². The Hall–Kier alpha value is -3.19. The van der Waals surface area contributed by atoms with Gasteiger partial charge in [-0.1, -0.05) is 104 Å². The lowest BCUT2D eigenvalue weighted by atomic mass is 10.0. The summed E-state index contributed by atoms with van der Waals surface area (Å²) in [6.07, 6.45) is 3.30. The number of nitrogens with zero attached hydrogens (tertiary/aromatic N) is 2. The Morgan fingerprint density at radius 3 is 2.00 bits per heavy atom. The summed E-state index contributed by atoms with van der Waals surface area (Å²) in [4.78, 5) is 43.5. The maximum Gasteiger partial charge on any atom is 0.308 e. The van der Waals surface area contributed by atoms with Gasteiger partial charge < -0.3 is 15.0 Å². The van der Waals surface area contributed by atoms with E-state index in [2.05, 4.69) is 58.8 Å². The highest BCUT2D eigenvalue weighted by Gasteiger charge is 2.32. The van der Waals surface area contributed by atoms with Crippen molar-refractivity contribution in [2.45, 2.75) is 113 Å². The SMILES string of the molecule is CC(C)C.CCC.CCC.CCC(c1ccc(C(=O)NCCC(=O)OC(C)(C)C)cc1)N1CN=C(c2cccc(Cl)c2)C1=O. The lowest BCUT2D eigenvalue weighted by Gasteiger charge is -2.26. The summed E-state index contributed by atoms with van der Waals surface area (Å²) in [5, 5.41) is 3.29. The fourth-order valence-corrected chi connectivity index (χ4v) is 3.96. The van der Waals surface area contributed by atoms with E-state index in [1.807, 2.05) is 25.1 Å². The summed E-state index contributed by atoms with van der Waals surface area (Å²) in [7, 11) is 0. The number of carbonyl (C=O) groups is 3. The minimum absolute atomic E-state index is 0.102. The molecule has 0 spiro atoms. The third kappa shape index (κ3) is 16.0. The molecule has 1 aliphatic heterocycles. The van der Waals surface area contributed by atoms with Gasteiger partial charge in [-0.3, -0.25) is 19.4 Å². The van der Waals surface area contributed by atoms with Gasteiger partial charge in [0.2, 0.25) is 0 Å². The van der Waals surface area contributed by atoms with E-state index in [9.17, 15) is 14.4 Å². The normalized spacial score (nSPS) is 12.9. The molecule has 1 N–H and O–H groups in total. The summed E-state index contributed by atoms with van der Waals surface area (Å²) in [5.74, 6) is 0.0636. The van der Waals surface area contributed by atoms with E-state index in [1.165, 1.54) is 12.8 Å². The third-order valence-electron chi connectivity index (χ3n) is 5.30. The first-order chi connectivity index (χ1) is 20.6. The van der Waals surface area contributed by atoms with Crippen molar-refractivity contribution >= 4 is 35.1 Å². The van der Waals surface area contributed by atoms with E-state index >= 15 is 0 Å². The fourth-order valence-electron chi connectivity index (χ4n) is 3.77. The van der Waals surface area contributed by atoms with Crippen LogP contribution in [0.4, 0.5) is 0 Å². The van der Waals surface area contributed by atoms with Crippen LogP contribution in [-0.4, -0.2) is 47.2 Å². The van der Waals surface area contributed by atoms with Crippen molar-refractivity contribution in [3.8, 4) is 0 Å². The van der Waals surface area contributed by atoms with Crippen molar-refractivity contribution < 1.29 is 19.1 Å². The van der Waals surface area contributed by atoms with Gasteiger partial charge in [-0.15, -0.1) is 0 Å². The summed E-state index contributed by atoms with van der Waals surface area (Å²) in [6.45, 7) is 22.9. The maximum absolute atomic E-state index is 13.1. The molecule has 3 rings (SSSR count). The standard InChI is InChI=1S/C26H30ClN3O4.C4H10.2C3H8/c1-5-21(30-16-29-23(25(30)33)19-7-6-8-20(27)15-19)17-9-11-18(12-10-17)24(32)28-14-13-22(31)34-26(2,3)4;1-4(2)3;2*1-3-2/h6-12,15,21H,5,13-14,16H2,1-4H3,(H,28,32);4H,1-3H3;2*3H2,1-2H3. The number of benzene rings is 2. The van der Waals surface area contributed by atoms with Gasteiger partial charge in [0.15, 0.2) is 0 Å². The lowest BCUT2D eigenvalue weighted by molar-refractivity contribution is -0.154. The van der Waals surface area contributed by atoms with Crippen LogP contribution in [0.25, 0.3) is 0 Å². The second kappa shape index (κ2) is 21.5. The van der Waals surface area contributed by atoms with Crippen LogP contribution >= 0.6 is 11.6 Å². The molecular formula is C36H56ClN3O4. The number of ether oxygens (including phenoxy) is 1. The number of nitrogens with one attached hydrogen (secondary N) is 1. The summed E-state index contributed by atoms with van der Waals surface area (Å²) < 4.78 is 5.24. The van der Waals surface area contributed by atoms with Gasteiger partial charge in [-0.25, -0.2) is 0 Å². The van der Waals surface area contributed by atoms with Crippen molar-refractivity contribution in [1.82, 2.24) is 10.2 Å². The van der Waals surface area contributed by atoms with Crippen molar-refractivity contribution in [2.24, 2.45) is 10.9 Å². The second-order valence-corrected chi connectivity index (χ2v) is 12.7. The molecular weight excluding hydrogens is 574 g/mol. The molecule has 7 nitrogen and oxygen atoms in total. The Morgan fingerprint density at radius 1 is 0.977 bits per heavy atom. The van der Waals surface area contributed by atoms with Gasteiger partial charge in [-0.05, 0) is 62.9 Å². The average molecular weight is 630 g/mol. The van der Waals surface area contributed by atoms with Gasteiger partial charge in [0.05, 0.1) is 12.5 Å². The number of halogens is 1. The van der Waals surface area contributed by atoms with E-state index in [0.717, 1.165) is 11.5 Å². The minimum atomic E-state index is -0.552. The predicted octanol–water partition coefficient (Wildman–Crippen LogP) is 9.04. The predicted molar refractivity (Wildman–Crippen MR) is 184 cm³/mol. The number of aliphatic imine (C=N–C) groups is 1. The van der Waals surface area contributed by atoms with E-state index in [4.69, 9.17) is 16.3 Å². The molecule has 44 heavy (non-hydrogen) atoms. The van der Waals surface area contributed by atoms with Gasteiger partial charge in [0.1, 0.15) is 18.0 Å².